The molecular weight excluding hydrogens is 234 g/mol. The lowest BCUT2D eigenvalue weighted by Crippen LogP contribution is -2.27. The van der Waals surface area contributed by atoms with Crippen LogP contribution in [0.25, 0.3) is 11.3 Å². The normalized spacial score (nSPS) is 16.7. The predicted molar refractivity (Wildman–Crippen MR) is 78.2 cm³/mol. The van der Waals surface area contributed by atoms with Crippen molar-refractivity contribution in [2.24, 2.45) is 7.05 Å². The van der Waals surface area contributed by atoms with E-state index in [1.807, 2.05) is 4.68 Å². The Morgan fingerprint density at radius 1 is 1.16 bits per heavy atom. The Labute approximate surface area is 114 Å². The van der Waals surface area contributed by atoms with E-state index in [9.17, 15) is 0 Å². The number of nitrogens with one attached hydrogen (secondary N) is 1. The van der Waals surface area contributed by atoms with Gasteiger partial charge >= 0.3 is 0 Å². The third-order valence-corrected chi connectivity index (χ3v) is 4.09. The van der Waals surface area contributed by atoms with Crippen molar-refractivity contribution in [3.63, 3.8) is 0 Å². The van der Waals surface area contributed by atoms with Crippen molar-refractivity contribution in [3.8, 4) is 11.3 Å². The summed E-state index contributed by atoms with van der Waals surface area (Å²) in [5.41, 5.74) is 5.16. The molecule has 3 rings (SSSR count). The van der Waals surface area contributed by atoms with Crippen molar-refractivity contribution >= 4 is 0 Å². The topological polar surface area (TPSA) is 29.9 Å². The van der Waals surface area contributed by atoms with Crippen molar-refractivity contribution in [1.82, 2.24) is 15.1 Å². The lowest BCUT2D eigenvalue weighted by Gasteiger charge is -2.21. The zero-order valence-corrected chi connectivity index (χ0v) is 11.7. The summed E-state index contributed by atoms with van der Waals surface area (Å²) in [6.07, 6.45) is 2.40. The fourth-order valence-electron chi connectivity index (χ4n) is 3.13. The molecule has 0 spiro atoms. The second kappa shape index (κ2) is 5.17. The molecule has 3 nitrogen and oxygen atoms in total. The molecule has 19 heavy (non-hydrogen) atoms. The highest BCUT2D eigenvalue weighted by Crippen LogP contribution is 2.32. The third-order valence-electron chi connectivity index (χ3n) is 4.09. The summed E-state index contributed by atoms with van der Waals surface area (Å²) in [6.45, 7) is 4.44. The highest BCUT2D eigenvalue weighted by atomic mass is 15.3. The van der Waals surface area contributed by atoms with E-state index in [4.69, 9.17) is 5.10 Å². The van der Waals surface area contributed by atoms with Gasteiger partial charge in [-0.05, 0) is 38.4 Å². The standard InChI is InChI=1S/C16H21N3/c1-12-15(13-8-10-17-11-9-13)18-19(2)16(12)14-6-4-3-5-7-14/h3-7,13,17H,8-11H2,1-2H3. The van der Waals surface area contributed by atoms with E-state index in [2.05, 4.69) is 49.6 Å². The minimum atomic E-state index is 0.616. The molecule has 1 N–H and O–H groups in total. The molecule has 1 aliphatic heterocycles. The first-order valence-corrected chi connectivity index (χ1v) is 7.07. The molecular formula is C16H21N3. The fourth-order valence-corrected chi connectivity index (χ4v) is 3.13. The molecule has 1 aromatic heterocycles. The smallest absolute Gasteiger partial charge is 0.0711 e. The molecule has 1 aromatic carbocycles. The number of hydrogen-bond acceptors (Lipinski definition) is 2. The van der Waals surface area contributed by atoms with Crippen molar-refractivity contribution in [3.05, 3.63) is 41.6 Å². The summed E-state index contributed by atoms with van der Waals surface area (Å²) in [4.78, 5) is 0. The summed E-state index contributed by atoms with van der Waals surface area (Å²) >= 11 is 0. The Balaban J connectivity index is 2.00. The molecule has 1 fully saturated rings. The van der Waals surface area contributed by atoms with Gasteiger partial charge in [-0.2, -0.15) is 5.10 Å². The monoisotopic (exact) mass is 255 g/mol. The number of piperidine rings is 1. The van der Waals surface area contributed by atoms with Crippen LogP contribution in [0, 0.1) is 6.92 Å². The number of hydrogen-bond donors (Lipinski definition) is 1. The average Bonchev–Trinajstić information content (AvgIpc) is 2.76. The van der Waals surface area contributed by atoms with E-state index in [0.29, 0.717) is 5.92 Å². The van der Waals surface area contributed by atoms with Gasteiger partial charge in [0.15, 0.2) is 0 Å². The van der Waals surface area contributed by atoms with Crippen LogP contribution in [0.5, 0.6) is 0 Å². The van der Waals surface area contributed by atoms with Gasteiger partial charge in [0.1, 0.15) is 0 Å². The van der Waals surface area contributed by atoms with E-state index < -0.39 is 0 Å². The fraction of sp³-hybridized carbons (Fsp3) is 0.438. The molecule has 0 aliphatic carbocycles. The minimum Gasteiger partial charge on any atom is -0.317 e. The Hall–Kier alpha value is -1.61. The first-order valence-electron chi connectivity index (χ1n) is 7.07. The van der Waals surface area contributed by atoms with Crippen LogP contribution in [0.1, 0.15) is 30.0 Å². The van der Waals surface area contributed by atoms with Gasteiger partial charge < -0.3 is 5.32 Å². The number of rotatable bonds is 2. The molecule has 2 aromatic rings. The number of nitrogens with zero attached hydrogens (tertiary/aromatic N) is 2. The van der Waals surface area contributed by atoms with Gasteiger partial charge in [-0.25, -0.2) is 0 Å². The molecule has 2 heterocycles. The lowest BCUT2D eigenvalue weighted by atomic mass is 9.91. The minimum absolute atomic E-state index is 0.616. The van der Waals surface area contributed by atoms with E-state index in [-0.39, 0.29) is 0 Å². The van der Waals surface area contributed by atoms with Crippen LogP contribution < -0.4 is 5.32 Å². The van der Waals surface area contributed by atoms with Crippen molar-refractivity contribution in [2.45, 2.75) is 25.7 Å². The second-order valence-corrected chi connectivity index (χ2v) is 5.37. The summed E-state index contributed by atoms with van der Waals surface area (Å²) in [7, 11) is 2.06. The largest absolute Gasteiger partial charge is 0.317 e. The predicted octanol–water partition coefficient (Wildman–Crippen LogP) is 2.86. The Bertz CT molecular complexity index is 551. The van der Waals surface area contributed by atoms with E-state index in [1.165, 1.54) is 35.4 Å². The van der Waals surface area contributed by atoms with E-state index in [1.54, 1.807) is 0 Å². The first-order chi connectivity index (χ1) is 9.27. The molecule has 0 radical (unpaired) electrons. The van der Waals surface area contributed by atoms with E-state index in [0.717, 1.165) is 13.1 Å². The quantitative estimate of drug-likeness (QED) is 0.894. The summed E-state index contributed by atoms with van der Waals surface area (Å²) in [5.74, 6) is 0.616. The molecule has 1 aliphatic rings. The maximum atomic E-state index is 4.80. The maximum absolute atomic E-state index is 4.80. The molecule has 3 heteroatoms. The summed E-state index contributed by atoms with van der Waals surface area (Å²) in [6, 6.07) is 10.6. The van der Waals surface area contributed by atoms with Crippen LogP contribution in [0.15, 0.2) is 30.3 Å². The van der Waals surface area contributed by atoms with E-state index >= 15 is 0 Å². The van der Waals surface area contributed by atoms with Gasteiger partial charge in [0.05, 0.1) is 11.4 Å². The molecule has 0 bridgehead atoms. The highest BCUT2D eigenvalue weighted by Gasteiger charge is 2.23. The SMILES string of the molecule is Cc1c(C2CCNCC2)nn(C)c1-c1ccccc1. The van der Waals surface area contributed by atoms with Crippen molar-refractivity contribution in [2.75, 3.05) is 13.1 Å². The van der Waals surface area contributed by atoms with Crippen molar-refractivity contribution in [1.29, 1.82) is 0 Å². The molecule has 1 saturated heterocycles. The van der Waals surface area contributed by atoms with Gasteiger partial charge in [-0.15, -0.1) is 0 Å². The molecule has 0 amide bonds. The van der Waals surface area contributed by atoms with Gasteiger partial charge in [-0.3, -0.25) is 4.68 Å². The summed E-state index contributed by atoms with van der Waals surface area (Å²) < 4.78 is 2.04. The van der Waals surface area contributed by atoms with Crippen LogP contribution in [-0.4, -0.2) is 22.9 Å². The van der Waals surface area contributed by atoms with Crippen LogP contribution >= 0.6 is 0 Å². The van der Waals surface area contributed by atoms with Crippen LogP contribution in [0.2, 0.25) is 0 Å². The van der Waals surface area contributed by atoms with Gasteiger partial charge in [0.2, 0.25) is 0 Å². The van der Waals surface area contributed by atoms with Gasteiger partial charge in [0.25, 0.3) is 0 Å². The Morgan fingerprint density at radius 2 is 1.84 bits per heavy atom. The molecule has 0 saturated carbocycles. The molecule has 0 atom stereocenters. The zero-order chi connectivity index (χ0) is 13.2. The Kier molecular flexibility index (Phi) is 3.38. The van der Waals surface area contributed by atoms with Gasteiger partial charge in [-0.1, -0.05) is 30.3 Å². The third kappa shape index (κ3) is 2.30. The van der Waals surface area contributed by atoms with Crippen LogP contribution in [0.3, 0.4) is 0 Å². The second-order valence-electron chi connectivity index (χ2n) is 5.37. The number of aryl methyl sites for hydroxylation is 1. The average molecular weight is 255 g/mol. The number of benzene rings is 1. The van der Waals surface area contributed by atoms with Crippen LogP contribution in [-0.2, 0) is 7.05 Å². The summed E-state index contributed by atoms with van der Waals surface area (Å²) in [5, 5.41) is 8.22. The van der Waals surface area contributed by atoms with Crippen molar-refractivity contribution < 1.29 is 0 Å². The molecule has 100 valence electrons. The maximum Gasteiger partial charge on any atom is 0.0711 e. The van der Waals surface area contributed by atoms with Gasteiger partial charge in [0, 0.05) is 18.5 Å². The highest BCUT2D eigenvalue weighted by molar-refractivity contribution is 5.64. The van der Waals surface area contributed by atoms with Crippen LogP contribution in [0.4, 0.5) is 0 Å². The number of aromatic nitrogens is 2. The lowest BCUT2D eigenvalue weighted by molar-refractivity contribution is 0.449. The Morgan fingerprint density at radius 3 is 2.53 bits per heavy atom. The zero-order valence-electron chi connectivity index (χ0n) is 11.7. The first kappa shape index (κ1) is 12.4. The molecule has 0 unspecified atom stereocenters.